The molecule has 0 saturated carbocycles. The highest BCUT2D eigenvalue weighted by Gasteiger charge is 2.51. The van der Waals surface area contributed by atoms with Crippen molar-refractivity contribution in [1.29, 1.82) is 0 Å². The minimum atomic E-state index is 0.578. The normalized spacial score (nSPS) is 53.5. The van der Waals surface area contributed by atoms with Crippen LogP contribution in [-0.4, -0.2) is 48.3 Å². The zero-order valence-electron chi connectivity index (χ0n) is 10.8. The molecule has 0 aromatic rings. The molecule has 3 heteroatoms. The van der Waals surface area contributed by atoms with Crippen LogP contribution in [0.25, 0.3) is 0 Å². The predicted molar refractivity (Wildman–Crippen MR) is 67.0 cm³/mol. The molecule has 96 valence electrons. The van der Waals surface area contributed by atoms with E-state index in [1.54, 1.807) is 0 Å². The van der Waals surface area contributed by atoms with Gasteiger partial charge < -0.3 is 10.1 Å². The number of hydrogen-bond acceptors (Lipinski definition) is 3. The van der Waals surface area contributed by atoms with Crippen molar-refractivity contribution in [3.63, 3.8) is 0 Å². The molecule has 0 aliphatic carbocycles. The number of piperidine rings is 1. The van der Waals surface area contributed by atoms with Crippen LogP contribution in [0, 0.1) is 0 Å². The van der Waals surface area contributed by atoms with Crippen molar-refractivity contribution < 1.29 is 4.74 Å². The van der Waals surface area contributed by atoms with Crippen LogP contribution < -0.4 is 5.32 Å². The van der Waals surface area contributed by atoms with Crippen molar-refractivity contribution in [3.8, 4) is 0 Å². The SMILES string of the molecule is CNC1CC2CCC(C1)N2C1CC2CCC1O2. The third-order valence-electron chi connectivity index (χ3n) is 5.65. The molecule has 4 heterocycles. The van der Waals surface area contributed by atoms with E-state index in [2.05, 4.69) is 17.3 Å². The van der Waals surface area contributed by atoms with Gasteiger partial charge in [0, 0.05) is 24.2 Å². The molecular weight excluding hydrogens is 212 g/mol. The van der Waals surface area contributed by atoms with Crippen LogP contribution >= 0.6 is 0 Å². The molecule has 5 unspecified atom stereocenters. The largest absolute Gasteiger partial charge is 0.373 e. The summed E-state index contributed by atoms with van der Waals surface area (Å²) in [7, 11) is 2.13. The average Bonchev–Trinajstić information content (AvgIpc) is 3.02. The van der Waals surface area contributed by atoms with Crippen LogP contribution in [0.15, 0.2) is 0 Å². The van der Waals surface area contributed by atoms with Gasteiger partial charge in [0.25, 0.3) is 0 Å². The maximum absolute atomic E-state index is 6.06. The lowest BCUT2D eigenvalue weighted by molar-refractivity contribution is 0.0246. The molecule has 4 fully saturated rings. The monoisotopic (exact) mass is 236 g/mol. The Bertz CT molecular complexity index is 295. The fourth-order valence-corrected chi connectivity index (χ4v) is 4.92. The Labute approximate surface area is 104 Å². The second kappa shape index (κ2) is 3.94. The molecule has 1 N–H and O–H groups in total. The molecule has 0 radical (unpaired) electrons. The topological polar surface area (TPSA) is 24.5 Å². The lowest BCUT2D eigenvalue weighted by Crippen LogP contribution is -2.55. The molecule has 0 spiro atoms. The van der Waals surface area contributed by atoms with E-state index in [9.17, 15) is 0 Å². The third-order valence-corrected chi connectivity index (χ3v) is 5.65. The molecule has 17 heavy (non-hydrogen) atoms. The first-order valence-electron chi connectivity index (χ1n) is 7.45. The Morgan fingerprint density at radius 1 is 1.00 bits per heavy atom. The van der Waals surface area contributed by atoms with Crippen LogP contribution in [0.1, 0.15) is 44.9 Å². The van der Waals surface area contributed by atoms with Gasteiger partial charge in [-0.05, 0) is 52.0 Å². The summed E-state index contributed by atoms with van der Waals surface area (Å²) in [4.78, 5) is 2.87. The molecule has 4 rings (SSSR count). The van der Waals surface area contributed by atoms with Crippen molar-refractivity contribution in [2.45, 2.75) is 81.3 Å². The van der Waals surface area contributed by atoms with E-state index in [0.29, 0.717) is 12.2 Å². The van der Waals surface area contributed by atoms with E-state index in [-0.39, 0.29) is 0 Å². The molecule has 4 aliphatic rings. The maximum Gasteiger partial charge on any atom is 0.0736 e. The summed E-state index contributed by atoms with van der Waals surface area (Å²) in [5.74, 6) is 0. The lowest BCUT2D eigenvalue weighted by atomic mass is 9.89. The Morgan fingerprint density at radius 3 is 2.29 bits per heavy atom. The minimum Gasteiger partial charge on any atom is -0.373 e. The zero-order valence-corrected chi connectivity index (χ0v) is 10.8. The van der Waals surface area contributed by atoms with Crippen LogP contribution in [0.2, 0.25) is 0 Å². The summed E-state index contributed by atoms with van der Waals surface area (Å²) in [5, 5.41) is 3.49. The standard InChI is InChI=1S/C14H24N2O/c1-15-9-6-10-2-3-11(7-9)16(10)13-8-12-4-5-14(13)17-12/h9-15H,2-8H2,1H3. The smallest absolute Gasteiger partial charge is 0.0736 e. The van der Waals surface area contributed by atoms with Crippen LogP contribution in [0.5, 0.6) is 0 Å². The lowest BCUT2D eigenvalue weighted by Gasteiger charge is -2.44. The molecule has 0 aromatic carbocycles. The quantitative estimate of drug-likeness (QED) is 0.787. The molecule has 5 atom stereocenters. The Balaban J connectivity index is 1.52. The summed E-state index contributed by atoms with van der Waals surface area (Å²) in [5.41, 5.74) is 0. The summed E-state index contributed by atoms with van der Waals surface area (Å²) in [6.45, 7) is 0. The fourth-order valence-electron chi connectivity index (χ4n) is 4.92. The summed E-state index contributed by atoms with van der Waals surface area (Å²) >= 11 is 0. The van der Waals surface area contributed by atoms with E-state index in [0.717, 1.165) is 24.2 Å². The number of nitrogens with zero attached hydrogens (tertiary/aromatic N) is 1. The van der Waals surface area contributed by atoms with Gasteiger partial charge >= 0.3 is 0 Å². The molecule has 4 saturated heterocycles. The first-order chi connectivity index (χ1) is 8.35. The van der Waals surface area contributed by atoms with Gasteiger partial charge in [0.05, 0.1) is 12.2 Å². The highest BCUT2D eigenvalue weighted by Crippen LogP contribution is 2.45. The highest BCUT2D eigenvalue weighted by atomic mass is 16.5. The number of nitrogens with one attached hydrogen (secondary N) is 1. The molecule has 0 aromatic heterocycles. The van der Waals surface area contributed by atoms with Gasteiger partial charge in [0.15, 0.2) is 0 Å². The van der Waals surface area contributed by atoms with Crippen LogP contribution in [-0.2, 0) is 4.74 Å². The average molecular weight is 236 g/mol. The Kier molecular flexibility index (Phi) is 2.50. The predicted octanol–water partition coefficient (Wildman–Crippen LogP) is 1.52. The molecule has 4 aliphatic heterocycles. The van der Waals surface area contributed by atoms with E-state index in [4.69, 9.17) is 4.74 Å². The molecule has 0 amide bonds. The van der Waals surface area contributed by atoms with Crippen molar-refractivity contribution in [3.05, 3.63) is 0 Å². The number of ether oxygens (including phenoxy) is 1. The van der Waals surface area contributed by atoms with Gasteiger partial charge in [-0.25, -0.2) is 0 Å². The van der Waals surface area contributed by atoms with Gasteiger partial charge in [-0.15, -0.1) is 0 Å². The number of hydrogen-bond donors (Lipinski definition) is 1. The third kappa shape index (κ3) is 1.59. The van der Waals surface area contributed by atoms with Crippen molar-refractivity contribution in [2.75, 3.05) is 7.05 Å². The van der Waals surface area contributed by atoms with Crippen molar-refractivity contribution >= 4 is 0 Å². The Morgan fingerprint density at radius 2 is 1.76 bits per heavy atom. The summed E-state index contributed by atoms with van der Waals surface area (Å²) < 4.78 is 6.06. The number of fused-ring (bicyclic) bond motifs is 4. The van der Waals surface area contributed by atoms with Gasteiger partial charge in [0.1, 0.15) is 0 Å². The van der Waals surface area contributed by atoms with Crippen molar-refractivity contribution in [1.82, 2.24) is 10.2 Å². The maximum atomic E-state index is 6.06. The second-order valence-electron chi connectivity index (χ2n) is 6.47. The van der Waals surface area contributed by atoms with E-state index in [1.165, 1.54) is 44.9 Å². The Hall–Kier alpha value is -0.120. The van der Waals surface area contributed by atoms with Crippen LogP contribution in [0.4, 0.5) is 0 Å². The van der Waals surface area contributed by atoms with Crippen molar-refractivity contribution in [2.24, 2.45) is 0 Å². The minimum absolute atomic E-state index is 0.578. The second-order valence-corrected chi connectivity index (χ2v) is 6.47. The first-order valence-corrected chi connectivity index (χ1v) is 7.45. The molecule has 4 bridgehead atoms. The first kappa shape index (κ1) is 10.8. The van der Waals surface area contributed by atoms with Crippen LogP contribution in [0.3, 0.4) is 0 Å². The van der Waals surface area contributed by atoms with Gasteiger partial charge in [-0.3, -0.25) is 4.90 Å². The van der Waals surface area contributed by atoms with E-state index >= 15 is 0 Å². The molecular formula is C14H24N2O. The van der Waals surface area contributed by atoms with E-state index < -0.39 is 0 Å². The molecule has 3 nitrogen and oxygen atoms in total. The summed E-state index contributed by atoms with van der Waals surface area (Å²) in [6.07, 6.45) is 10.7. The fraction of sp³-hybridized carbons (Fsp3) is 1.00. The van der Waals surface area contributed by atoms with E-state index in [1.807, 2.05) is 0 Å². The summed E-state index contributed by atoms with van der Waals surface area (Å²) in [6, 6.07) is 3.23. The van der Waals surface area contributed by atoms with Gasteiger partial charge in [-0.1, -0.05) is 0 Å². The zero-order chi connectivity index (χ0) is 11.4. The number of rotatable bonds is 2. The van der Waals surface area contributed by atoms with Gasteiger partial charge in [0.2, 0.25) is 0 Å². The highest BCUT2D eigenvalue weighted by molar-refractivity contribution is 5.05. The van der Waals surface area contributed by atoms with Gasteiger partial charge in [-0.2, -0.15) is 0 Å².